The number of fused-ring (bicyclic) bond motifs is 1. The lowest BCUT2D eigenvalue weighted by atomic mass is 10.2. The van der Waals surface area contributed by atoms with Crippen molar-refractivity contribution in [3.8, 4) is 11.5 Å². The van der Waals surface area contributed by atoms with Gasteiger partial charge in [0.1, 0.15) is 5.58 Å². The third kappa shape index (κ3) is 2.35. The standard InChI is InChI=1S/C12H9F3O4/c1-17-9-3-6-7(16)4-11(12(13,14)15)19-8(6)5-10(9)18-2/h3-5H,1-2H3. The molecule has 4 nitrogen and oxygen atoms in total. The average Bonchev–Trinajstić information content (AvgIpc) is 2.36. The SMILES string of the molecule is COc1cc2oc(C(F)(F)F)cc(=O)c2cc1OC. The number of ether oxygens (including phenoxy) is 2. The molecule has 0 unspecified atom stereocenters. The quantitative estimate of drug-likeness (QED) is 0.844. The first kappa shape index (κ1) is 13.3. The first-order valence-corrected chi connectivity index (χ1v) is 5.14. The lowest BCUT2D eigenvalue weighted by Gasteiger charge is -2.10. The summed E-state index contributed by atoms with van der Waals surface area (Å²) in [5.74, 6) is -0.934. The van der Waals surface area contributed by atoms with E-state index in [1.54, 1.807) is 0 Å². The Hall–Kier alpha value is -2.18. The molecular weight excluding hydrogens is 265 g/mol. The Balaban J connectivity index is 2.78. The number of hydrogen-bond donors (Lipinski definition) is 0. The van der Waals surface area contributed by atoms with Crippen molar-refractivity contribution in [2.75, 3.05) is 14.2 Å². The van der Waals surface area contributed by atoms with Crippen molar-refractivity contribution in [2.24, 2.45) is 0 Å². The molecule has 0 saturated carbocycles. The Bertz CT molecular complexity index is 673. The van der Waals surface area contributed by atoms with Crippen LogP contribution in [0.5, 0.6) is 11.5 Å². The van der Waals surface area contributed by atoms with Gasteiger partial charge in [0.2, 0.25) is 5.76 Å². The van der Waals surface area contributed by atoms with Crippen molar-refractivity contribution < 1.29 is 27.1 Å². The Morgan fingerprint density at radius 2 is 1.63 bits per heavy atom. The lowest BCUT2D eigenvalue weighted by Crippen LogP contribution is -2.11. The van der Waals surface area contributed by atoms with Gasteiger partial charge < -0.3 is 13.9 Å². The van der Waals surface area contributed by atoms with Crippen LogP contribution in [0, 0.1) is 0 Å². The largest absolute Gasteiger partial charge is 0.493 e. The van der Waals surface area contributed by atoms with Crippen molar-refractivity contribution in [1.29, 1.82) is 0 Å². The number of halogens is 3. The van der Waals surface area contributed by atoms with Gasteiger partial charge in [-0.15, -0.1) is 0 Å². The van der Waals surface area contributed by atoms with E-state index in [0.717, 1.165) is 0 Å². The highest BCUT2D eigenvalue weighted by Crippen LogP contribution is 2.34. The van der Waals surface area contributed by atoms with Crippen LogP contribution in [-0.2, 0) is 6.18 Å². The molecule has 2 aromatic rings. The maximum atomic E-state index is 12.5. The van der Waals surface area contributed by atoms with E-state index in [-0.39, 0.29) is 22.5 Å². The summed E-state index contributed by atoms with van der Waals surface area (Å²) in [5, 5.41) is -0.00866. The third-order valence-electron chi connectivity index (χ3n) is 2.51. The molecule has 0 bridgehead atoms. The van der Waals surface area contributed by atoms with E-state index in [4.69, 9.17) is 9.47 Å². The molecule has 102 valence electrons. The highest BCUT2D eigenvalue weighted by Gasteiger charge is 2.35. The maximum absolute atomic E-state index is 12.5. The second kappa shape index (κ2) is 4.49. The Morgan fingerprint density at radius 1 is 1.05 bits per heavy atom. The molecule has 0 amide bonds. The fraction of sp³-hybridized carbons (Fsp3) is 0.250. The Labute approximate surface area is 105 Å². The molecule has 1 aromatic carbocycles. The van der Waals surface area contributed by atoms with Crippen molar-refractivity contribution in [3.05, 3.63) is 34.2 Å². The van der Waals surface area contributed by atoms with Gasteiger partial charge in [0.25, 0.3) is 0 Å². The molecule has 0 saturated heterocycles. The summed E-state index contributed by atoms with van der Waals surface area (Å²) >= 11 is 0. The number of methoxy groups -OCH3 is 2. The topological polar surface area (TPSA) is 48.7 Å². The molecule has 0 aliphatic carbocycles. The zero-order valence-electron chi connectivity index (χ0n) is 10.00. The van der Waals surface area contributed by atoms with Gasteiger partial charge >= 0.3 is 6.18 Å². The van der Waals surface area contributed by atoms with E-state index in [2.05, 4.69) is 4.42 Å². The molecule has 0 spiro atoms. The number of alkyl halides is 3. The zero-order chi connectivity index (χ0) is 14.2. The second-order valence-electron chi connectivity index (χ2n) is 3.68. The second-order valence-corrected chi connectivity index (χ2v) is 3.68. The summed E-state index contributed by atoms with van der Waals surface area (Å²) in [5.41, 5.74) is -1.01. The van der Waals surface area contributed by atoms with Crippen LogP contribution in [0.15, 0.2) is 27.4 Å². The first-order chi connectivity index (χ1) is 8.86. The number of rotatable bonds is 2. The van der Waals surface area contributed by atoms with E-state index in [9.17, 15) is 18.0 Å². The van der Waals surface area contributed by atoms with Crippen molar-refractivity contribution in [2.45, 2.75) is 6.18 Å². The van der Waals surface area contributed by atoms with Crippen LogP contribution in [0.25, 0.3) is 11.0 Å². The minimum atomic E-state index is -4.72. The third-order valence-corrected chi connectivity index (χ3v) is 2.51. The van der Waals surface area contributed by atoms with E-state index in [0.29, 0.717) is 6.07 Å². The van der Waals surface area contributed by atoms with Crippen LogP contribution in [0.3, 0.4) is 0 Å². The molecule has 0 aliphatic heterocycles. The minimum Gasteiger partial charge on any atom is -0.493 e. The predicted molar refractivity (Wildman–Crippen MR) is 60.6 cm³/mol. The molecular formula is C12H9F3O4. The molecule has 0 radical (unpaired) electrons. The highest BCUT2D eigenvalue weighted by molar-refractivity contribution is 5.80. The molecule has 19 heavy (non-hydrogen) atoms. The van der Waals surface area contributed by atoms with Gasteiger partial charge in [0.05, 0.1) is 19.6 Å². The van der Waals surface area contributed by atoms with Gasteiger partial charge in [-0.05, 0) is 6.07 Å². The van der Waals surface area contributed by atoms with Crippen LogP contribution < -0.4 is 14.9 Å². The van der Waals surface area contributed by atoms with Gasteiger partial charge in [0.15, 0.2) is 16.9 Å². The van der Waals surface area contributed by atoms with Gasteiger partial charge in [-0.2, -0.15) is 13.2 Å². The molecule has 2 rings (SSSR count). The minimum absolute atomic E-state index is 0.00866. The van der Waals surface area contributed by atoms with Crippen LogP contribution in [-0.4, -0.2) is 14.2 Å². The first-order valence-electron chi connectivity index (χ1n) is 5.14. The molecule has 0 atom stereocenters. The van der Waals surface area contributed by atoms with Crippen LogP contribution in [0.4, 0.5) is 13.2 Å². The average molecular weight is 274 g/mol. The predicted octanol–water partition coefficient (Wildman–Crippen LogP) is 2.83. The monoisotopic (exact) mass is 274 g/mol. The Morgan fingerprint density at radius 3 is 2.16 bits per heavy atom. The number of benzene rings is 1. The van der Waals surface area contributed by atoms with Gasteiger partial charge in [0, 0.05) is 12.1 Å². The molecule has 7 heteroatoms. The van der Waals surface area contributed by atoms with Gasteiger partial charge in [-0.3, -0.25) is 4.79 Å². The van der Waals surface area contributed by atoms with E-state index in [1.165, 1.54) is 26.4 Å². The molecule has 0 N–H and O–H groups in total. The number of hydrogen-bond acceptors (Lipinski definition) is 4. The zero-order valence-corrected chi connectivity index (χ0v) is 10.00. The van der Waals surface area contributed by atoms with Crippen molar-refractivity contribution in [3.63, 3.8) is 0 Å². The molecule has 0 fully saturated rings. The van der Waals surface area contributed by atoms with E-state index >= 15 is 0 Å². The summed E-state index contributed by atoms with van der Waals surface area (Å²) in [6.45, 7) is 0. The van der Waals surface area contributed by atoms with Crippen LogP contribution in [0.2, 0.25) is 0 Å². The maximum Gasteiger partial charge on any atom is 0.449 e. The summed E-state index contributed by atoms with van der Waals surface area (Å²) in [7, 11) is 2.69. The van der Waals surface area contributed by atoms with Crippen LogP contribution >= 0.6 is 0 Å². The normalized spacial score (nSPS) is 11.6. The fourth-order valence-electron chi connectivity index (χ4n) is 1.62. The van der Waals surface area contributed by atoms with Gasteiger partial charge in [-0.1, -0.05) is 0 Å². The lowest BCUT2D eigenvalue weighted by molar-refractivity contribution is -0.152. The van der Waals surface area contributed by atoms with Crippen molar-refractivity contribution in [1.82, 2.24) is 0 Å². The highest BCUT2D eigenvalue weighted by atomic mass is 19.4. The Kier molecular flexibility index (Phi) is 3.13. The summed E-state index contributed by atoms with van der Waals surface area (Å²) in [6, 6.07) is 2.87. The smallest absolute Gasteiger partial charge is 0.449 e. The van der Waals surface area contributed by atoms with Crippen molar-refractivity contribution >= 4 is 11.0 Å². The van der Waals surface area contributed by atoms with E-state index < -0.39 is 17.4 Å². The molecule has 1 heterocycles. The molecule has 1 aromatic heterocycles. The van der Waals surface area contributed by atoms with Gasteiger partial charge in [-0.25, -0.2) is 0 Å². The summed E-state index contributed by atoms with van der Waals surface area (Å²) < 4.78 is 52.2. The molecule has 0 aliphatic rings. The van der Waals surface area contributed by atoms with E-state index in [1.807, 2.05) is 0 Å². The fourth-order valence-corrected chi connectivity index (χ4v) is 1.62. The van der Waals surface area contributed by atoms with Crippen LogP contribution in [0.1, 0.15) is 5.76 Å². The summed E-state index contributed by atoms with van der Waals surface area (Å²) in [6.07, 6.45) is -4.72. The summed E-state index contributed by atoms with van der Waals surface area (Å²) in [4.78, 5) is 11.7.